The Kier molecular flexibility index (Phi) is 11.5. The lowest BCUT2D eigenvalue weighted by Gasteiger charge is -2.15. The minimum absolute atomic E-state index is 0.532. The summed E-state index contributed by atoms with van der Waals surface area (Å²) in [5.41, 5.74) is 1.78. The maximum Gasteiger partial charge on any atom is 0.119 e. The fraction of sp³-hybridized carbons (Fsp3) is 0.667. The van der Waals surface area contributed by atoms with Gasteiger partial charge in [0.25, 0.3) is 0 Å². The summed E-state index contributed by atoms with van der Waals surface area (Å²) in [7, 11) is 0. The standard InChI is InChI=1S/C11H15ClO2.C7H16/c1-10-2-4-11(5-3-10)14-9-8-13-7-6-12;1-5-6-7(2,3)4/h2-5H,6-9H2,1H3;5-6H2,1-4H3. The van der Waals surface area contributed by atoms with Crippen molar-refractivity contribution in [1.82, 2.24) is 0 Å². The highest BCUT2D eigenvalue weighted by Gasteiger charge is 2.06. The molecule has 3 heteroatoms. The Morgan fingerprint density at radius 1 is 1.00 bits per heavy atom. The van der Waals surface area contributed by atoms with E-state index in [1.165, 1.54) is 18.4 Å². The molecule has 2 nitrogen and oxygen atoms in total. The lowest BCUT2D eigenvalue weighted by Crippen LogP contribution is -2.07. The van der Waals surface area contributed by atoms with E-state index in [0.717, 1.165) is 5.75 Å². The van der Waals surface area contributed by atoms with Crippen LogP contribution in [0, 0.1) is 12.3 Å². The van der Waals surface area contributed by atoms with Crippen LogP contribution in [-0.4, -0.2) is 25.7 Å². The average molecular weight is 315 g/mol. The van der Waals surface area contributed by atoms with Gasteiger partial charge >= 0.3 is 0 Å². The van der Waals surface area contributed by atoms with Gasteiger partial charge in [0.1, 0.15) is 12.4 Å². The van der Waals surface area contributed by atoms with Crippen molar-refractivity contribution < 1.29 is 9.47 Å². The molecule has 0 atom stereocenters. The predicted molar refractivity (Wildman–Crippen MR) is 92.6 cm³/mol. The van der Waals surface area contributed by atoms with Gasteiger partial charge in [0.2, 0.25) is 0 Å². The molecule has 0 saturated carbocycles. The molecule has 0 aliphatic heterocycles. The first-order chi connectivity index (χ1) is 9.89. The second-order valence-electron chi connectivity index (χ2n) is 6.27. The largest absolute Gasteiger partial charge is 0.491 e. The SMILES string of the molecule is CCCC(C)(C)C.Cc1ccc(OCCOCCCl)cc1. The maximum atomic E-state index is 5.45. The number of alkyl halides is 1. The third-order valence-corrected chi connectivity index (χ3v) is 2.89. The summed E-state index contributed by atoms with van der Waals surface area (Å²) in [6.45, 7) is 12.8. The molecule has 122 valence electrons. The Morgan fingerprint density at radius 2 is 1.62 bits per heavy atom. The Balaban J connectivity index is 0.000000486. The van der Waals surface area contributed by atoms with Crippen LogP contribution >= 0.6 is 11.6 Å². The molecule has 0 radical (unpaired) electrons. The lowest BCUT2D eigenvalue weighted by molar-refractivity contribution is 0.111. The normalized spacial score (nSPS) is 10.8. The maximum absolute atomic E-state index is 5.45. The van der Waals surface area contributed by atoms with Crippen LogP contribution in [0.2, 0.25) is 0 Å². The first-order valence-electron chi connectivity index (χ1n) is 7.72. The van der Waals surface area contributed by atoms with Gasteiger partial charge in [0.15, 0.2) is 0 Å². The number of hydrogen-bond donors (Lipinski definition) is 0. The van der Waals surface area contributed by atoms with Crippen LogP contribution in [0.5, 0.6) is 5.75 Å². The number of aryl methyl sites for hydroxylation is 1. The van der Waals surface area contributed by atoms with Crippen LogP contribution in [-0.2, 0) is 4.74 Å². The molecular weight excluding hydrogens is 284 g/mol. The molecule has 0 aromatic heterocycles. The zero-order chi connectivity index (χ0) is 16.1. The summed E-state index contributed by atoms with van der Waals surface area (Å²) in [4.78, 5) is 0. The summed E-state index contributed by atoms with van der Waals surface area (Å²) < 4.78 is 10.6. The molecule has 1 aromatic rings. The van der Waals surface area contributed by atoms with E-state index in [9.17, 15) is 0 Å². The van der Waals surface area contributed by atoms with Crippen molar-refractivity contribution in [1.29, 1.82) is 0 Å². The molecule has 0 saturated heterocycles. The van der Waals surface area contributed by atoms with Crippen molar-refractivity contribution in [2.24, 2.45) is 5.41 Å². The summed E-state index contributed by atoms with van der Waals surface area (Å²) in [6, 6.07) is 7.96. The fourth-order valence-electron chi connectivity index (χ4n) is 1.76. The monoisotopic (exact) mass is 314 g/mol. The van der Waals surface area contributed by atoms with E-state index in [4.69, 9.17) is 21.1 Å². The Morgan fingerprint density at radius 3 is 2.05 bits per heavy atom. The van der Waals surface area contributed by atoms with Crippen LogP contribution in [0.25, 0.3) is 0 Å². The highest BCUT2D eigenvalue weighted by atomic mass is 35.5. The van der Waals surface area contributed by atoms with E-state index in [0.29, 0.717) is 31.1 Å². The topological polar surface area (TPSA) is 18.5 Å². The molecule has 0 amide bonds. The Labute approximate surface area is 135 Å². The van der Waals surface area contributed by atoms with Gasteiger partial charge < -0.3 is 9.47 Å². The fourth-order valence-corrected chi connectivity index (χ4v) is 1.87. The summed E-state index contributed by atoms with van der Waals surface area (Å²) in [6.07, 6.45) is 2.65. The minimum Gasteiger partial charge on any atom is -0.491 e. The van der Waals surface area contributed by atoms with E-state index in [-0.39, 0.29) is 0 Å². The summed E-state index contributed by atoms with van der Waals surface area (Å²) in [5.74, 6) is 1.41. The number of halogens is 1. The smallest absolute Gasteiger partial charge is 0.119 e. The number of hydrogen-bond acceptors (Lipinski definition) is 2. The van der Waals surface area contributed by atoms with Gasteiger partial charge in [0, 0.05) is 5.88 Å². The number of rotatable bonds is 7. The van der Waals surface area contributed by atoms with Gasteiger partial charge in [-0.1, -0.05) is 51.8 Å². The molecule has 0 heterocycles. The van der Waals surface area contributed by atoms with E-state index < -0.39 is 0 Å². The first-order valence-corrected chi connectivity index (χ1v) is 8.25. The Hall–Kier alpha value is -0.730. The average Bonchev–Trinajstić information content (AvgIpc) is 2.40. The van der Waals surface area contributed by atoms with E-state index in [2.05, 4.69) is 27.7 Å². The molecule has 0 unspecified atom stereocenters. The van der Waals surface area contributed by atoms with E-state index in [1.807, 2.05) is 31.2 Å². The van der Waals surface area contributed by atoms with Gasteiger partial charge in [-0.15, -0.1) is 11.6 Å². The third kappa shape index (κ3) is 14.0. The molecule has 1 rings (SSSR count). The Bertz CT molecular complexity index is 341. The molecule has 0 N–H and O–H groups in total. The van der Waals surface area contributed by atoms with Gasteiger partial charge in [0.05, 0.1) is 13.2 Å². The second-order valence-corrected chi connectivity index (χ2v) is 6.65. The van der Waals surface area contributed by atoms with Crippen LogP contribution in [0.1, 0.15) is 46.1 Å². The third-order valence-electron chi connectivity index (χ3n) is 2.74. The first kappa shape index (κ1) is 20.3. The molecule has 0 aliphatic carbocycles. The van der Waals surface area contributed by atoms with Crippen LogP contribution in [0.15, 0.2) is 24.3 Å². The second kappa shape index (κ2) is 11.9. The van der Waals surface area contributed by atoms with Gasteiger partial charge in [-0.25, -0.2) is 0 Å². The van der Waals surface area contributed by atoms with Gasteiger partial charge in [-0.2, -0.15) is 0 Å². The van der Waals surface area contributed by atoms with Gasteiger partial charge in [-0.05, 0) is 30.9 Å². The van der Waals surface area contributed by atoms with Crippen LogP contribution < -0.4 is 4.74 Å². The minimum atomic E-state index is 0.532. The molecular formula is C18H31ClO2. The summed E-state index contributed by atoms with van der Waals surface area (Å²) >= 11 is 5.45. The highest BCUT2D eigenvalue weighted by Crippen LogP contribution is 2.19. The van der Waals surface area contributed by atoms with Crippen molar-refractivity contribution in [2.45, 2.75) is 47.5 Å². The van der Waals surface area contributed by atoms with Crippen LogP contribution in [0.4, 0.5) is 0 Å². The quantitative estimate of drug-likeness (QED) is 0.491. The molecule has 0 fully saturated rings. The molecule has 0 aliphatic rings. The summed E-state index contributed by atoms with van der Waals surface area (Å²) in [5, 5.41) is 0. The molecule has 21 heavy (non-hydrogen) atoms. The van der Waals surface area contributed by atoms with Crippen molar-refractivity contribution in [2.75, 3.05) is 25.7 Å². The zero-order valence-corrected chi connectivity index (χ0v) is 15.0. The number of ether oxygens (including phenoxy) is 2. The predicted octanol–water partition coefficient (Wildman–Crippen LogP) is 5.46. The highest BCUT2D eigenvalue weighted by molar-refractivity contribution is 6.17. The van der Waals surface area contributed by atoms with E-state index >= 15 is 0 Å². The van der Waals surface area contributed by atoms with Crippen molar-refractivity contribution >= 4 is 11.6 Å². The van der Waals surface area contributed by atoms with Crippen molar-refractivity contribution in [3.63, 3.8) is 0 Å². The lowest BCUT2D eigenvalue weighted by atomic mass is 9.91. The number of benzene rings is 1. The molecule has 1 aromatic carbocycles. The molecule has 0 spiro atoms. The molecule has 0 bridgehead atoms. The van der Waals surface area contributed by atoms with E-state index in [1.54, 1.807) is 0 Å². The van der Waals surface area contributed by atoms with Gasteiger partial charge in [-0.3, -0.25) is 0 Å². The van der Waals surface area contributed by atoms with Crippen molar-refractivity contribution in [3.05, 3.63) is 29.8 Å². The van der Waals surface area contributed by atoms with Crippen LogP contribution in [0.3, 0.4) is 0 Å². The van der Waals surface area contributed by atoms with Crippen molar-refractivity contribution in [3.8, 4) is 5.75 Å². The zero-order valence-electron chi connectivity index (χ0n) is 14.2.